The molecule has 1 aliphatic heterocycles. The van der Waals surface area contributed by atoms with Crippen LogP contribution in [0.15, 0.2) is 23.6 Å². The molecule has 1 saturated heterocycles. The summed E-state index contributed by atoms with van der Waals surface area (Å²) in [4.78, 5) is 42.2. The van der Waals surface area contributed by atoms with E-state index in [2.05, 4.69) is 10.3 Å². The molecule has 2 aromatic heterocycles. The second-order valence-corrected chi connectivity index (χ2v) is 8.64. The zero-order valence-corrected chi connectivity index (χ0v) is 19.2. The highest BCUT2D eigenvalue weighted by atomic mass is 32.1. The van der Waals surface area contributed by atoms with E-state index in [-0.39, 0.29) is 22.7 Å². The SMILES string of the molecule is CCCOCCNC(=O)c1ccc(C)nc1C1CCN(C(=O)c2csc([N+](=O)[O-])c2)CC1. The van der Waals surface area contributed by atoms with E-state index in [1.807, 2.05) is 26.0 Å². The number of amides is 2. The highest BCUT2D eigenvalue weighted by Gasteiger charge is 2.29. The maximum absolute atomic E-state index is 12.7. The topological polar surface area (TPSA) is 115 Å². The number of likely N-dealkylation sites (tertiary alicyclic amines) is 1. The normalized spacial score (nSPS) is 14.4. The number of aromatic nitrogens is 1. The number of hydrogen-bond acceptors (Lipinski definition) is 7. The van der Waals surface area contributed by atoms with Gasteiger partial charge in [0.15, 0.2) is 0 Å². The molecule has 1 aliphatic rings. The summed E-state index contributed by atoms with van der Waals surface area (Å²) in [7, 11) is 0. The van der Waals surface area contributed by atoms with Crippen LogP contribution >= 0.6 is 11.3 Å². The van der Waals surface area contributed by atoms with Crippen molar-refractivity contribution in [2.24, 2.45) is 0 Å². The van der Waals surface area contributed by atoms with Gasteiger partial charge in [0.25, 0.3) is 11.8 Å². The lowest BCUT2D eigenvalue weighted by Gasteiger charge is -2.32. The summed E-state index contributed by atoms with van der Waals surface area (Å²) in [5.41, 5.74) is 2.51. The average Bonchev–Trinajstić information content (AvgIpc) is 3.29. The molecule has 3 rings (SSSR count). The van der Waals surface area contributed by atoms with Crippen molar-refractivity contribution in [1.82, 2.24) is 15.2 Å². The zero-order chi connectivity index (χ0) is 23.1. The van der Waals surface area contributed by atoms with Crippen molar-refractivity contribution in [3.05, 3.63) is 56.2 Å². The van der Waals surface area contributed by atoms with Crippen molar-refractivity contribution in [1.29, 1.82) is 0 Å². The Labute approximate surface area is 190 Å². The predicted octanol–water partition coefficient (Wildman–Crippen LogP) is 3.54. The molecular weight excluding hydrogens is 432 g/mol. The molecule has 9 nitrogen and oxygen atoms in total. The maximum Gasteiger partial charge on any atom is 0.324 e. The van der Waals surface area contributed by atoms with Gasteiger partial charge < -0.3 is 15.0 Å². The number of nitrogens with zero attached hydrogens (tertiary/aromatic N) is 3. The van der Waals surface area contributed by atoms with Gasteiger partial charge in [-0.3, -0.25) is 24.7 Å². The van der Waals surface area contributed by atoms with Crippen molar-refractivity contribution in [2.75, 3.05) is 32.8 Å². The number of carbonyl (C=O) groups is 2. The first-order valence-electron chi connectivity index (χ1n) is 10.8. The lowest BCUT2D eigenvalue weighted by molar-refractivity contribution is -0.380. The second kappa shape index (κ2) is 11.1. The first-order chi connectivity index (χ1) is 15.4. The summed E-state index contributed by atoms with van der Waals surface area (Å²) in [6, 6.07) is 4.96. The van der Waals surface area contributed by atoms with Crippen LogP contribution in [0.4, 0.5) is 5.00 Å². The number of rotatable bonds is 9. The number of aryl methyl sites for hydroxylation is 1. The van der Waals surface area contributed by atoms with E-state index in [0.29, 0.717) is 56.8 Å². The third-order valence-corrected chi connectivity index (χ3v) is 6.25. The summed E-state index contributed by atoms with van der Waals surface area (Å²) in [6.07, 6.45) is 2.28. The summed E-state index contributed by atoms with van der Waals surface area (Å²) in [5, 5.41) is 15.3. The molecule has 0 aromatic carbocycles. The van der Waals surface area contributed by atoms with Crippen molar-refractivity contribution in [3.8, 4) is 0 Å². The number of ether oxygens (including phenoxy) is 1. The molecule has 0 radical (unpaired) electrons. The Morgan fingerprint density at radius 1 is 1.31 bits per heavy atom. The summed E-state index contributed by atoms with van der Waals surface area (Å²) < 4.78 is 5.42. The van der Waals surface area contributed by atoms with E-state index >= 15 is 0 Å². The minimum Gasteiger partial charge on any atom is -0.380 e. The number of nitro groups is 1. The molecule has 1 N–H and O–H groups in total. The van der Waals surface area contributed by atoms with Crippen LogP contribution in [0, 0.1) is 17.0 Å². The van der Waals surface area contributed by atoms with Gasteiger partial charge in [-0.25, -0.2) is 0 Å². The van der Waals surface area contributed by atoms with E-state index in [0.717, 1.165) is 29.1 Å². The van der Waals surface area contributed by atoms with Gasteiger partial charge in [-0.2, -0.15) is 0 Å². The van der Waals surface area contributed by atoms with Crippen LogP contribution in [0.2, 0.25) is 0 Å². The van der Waals surface area contributed by atoms with E-state index in [1.54, 1.807) is 4.90 Å². The number of carbonyl (C=O) groups excluding carboxylic acids is 2. The monoisotopic (exact) mass is 460 g/mol. The Hall–Kier alpha value is -2.85. The lowest BCUT2D eigenvalue weighted by Crippen LogP contribution is -2.38. The van der Waals surface area contributed by atoms with E-state index in [1.165, 1.54) is 11.4 Å². The zero-order valence-electron chi connectivity index (χ0n) is 18.3. The molecule has 32 heavy (non-hydrogen) atoms. The van der Waals surface area contributed by atoms with Crippen molar-refractivity contribution in [3.63, 3.8) is 0 Å². The van der Waals surface area contributed by atoms with Crippen LogP contribution in [0.3, 0.4) is 0 Å². The number of piperidine rings is 1. The third-order valence-electron chi connectivity index (χ3n) is 5.37. The fourth-order valence-electron chi connectivity index (χ4n) is 3.73. The Morgan fingerprint density at radius 3 is 2.72 bits per heavy atom. The Morgan fingerprint density at radius 2 is 2.06 bits per heavy atom. The first-order valence-corrected chi connectivity index (χ1v) is 11.6. The average molecular weight is 461 g/mol. The standard InChI is InChI=1S/C22H28N4O5S/c1-3-11-31-12-8-23-21(27)18-5-4-15(2)24-20(18)16-6-9-25(10-7-16)22(28)17-13-19(26(29)30)32-14-17/h4-5,13-14,16H,3,6-12H2,1-2H3,(H,23,27). The highest BCUT2D eigenvalue weighted by molar-refractivity contribution is 7.13. The fraction of sp³-hybridized carbons (Fsp3) is 0.500. The molecule has 0 aliphatic carbocycles. The van der Waals surface area contributed by atoms with Crippen LogP contribution in [0.1, 0.15) is 64.2 Å². The van der Waals surface area contributed by atoms with Gasteiger partial charge in [-0.15, -0.1) is 0 Å². The molecule has 2 amide bonds. The maximum atomic E-state index is 12.7. The van der Waals surface area contributed by atoms with Crippen LogP contribution in [-0.2, 0) is 4.74 Å². The molecule has 0 saturated carbocycles. The molecule has 172 valence electrons. The smallest absolute Gasteiger partial charge is 0.324 e. The van der Waals surface area contributed by atoms with Crippen molar-refractivity contribution >= 4 is 28.2 Å². The second-order valence-electron chi connectivity index (χ2n) is 7.75. The Bertz CT molecular complexity index is 969. The molecular formula is C22H28N4O5S. The van der Waals surface area contributed by atoms with Gasteiger partial charge in [0.05, 0.1) is 28.4 Å². The molecule has 3 heterocycles. The molecule has 1 fully saturated rings. The van der Waals surface area contributed by atoms with Gasteiger partial charge in [-0.1, -0.05) is 18.3 Å². The molecule has 0 atom stereocenters. The summed E-state index contributed by atoms with van der Waals surface area (Å²) in [5.74, 6) is -0.306. The predicted molar refractivity (Wildman–Crippen MR) is 121 cm³/mol. The molecule has 0 bridgehead atoms. The van der Waals surface area contributed by atoms with Gasteiger partial charge in [0.1, 0.15) is 0 Å². The van der Waals surface area contributed by atoms with Crippen LogP contribution in [0.25, 0.3) is 0 Å². The summed E-state index contributed by atoms with van der Waals surface area (Å²) in [6.45, 7) is 6.52. The van der Waals surface area contributed by atoms with Crippen molar-refractivity contribution in [2.45, 2.75) is 39.0 Å². The van der Waals surface area contributed by atoms with Crippen LogP contribution < -0.4 is 5.32 Å². The third kappa shape index (κ3) is 5.89. The molecule has 0 spiro atoms. The molecule has 10 heteroatoms. The van der Waals surface area contributed by atoms with Crippen LogP contribution in [0.5, 0.6) is 0 Å². The first kappa shape index (κ1) is 23.8. The summed E-state index contributed by atoms with van der Waals surface area (Å²) >= 11 is 0.955. The number of hydrogen-bond donors (Lipinski definition) is 1. The molecule has 2 aromatic rings. The number of pyridine rings is 1. The van der Waals surface area contributed by atoms with Gasteiger partial charge >= 0.3 is 5.00 Å². The minimum atomic E-state index is -0.487. The van der Waals surface area contributed by atoms with Gasteiger partial charge in [0, 0.05) is 49.3 Å². The highest BCUT2D eigenvalue weighted by Crippen LogP contribution is 2.31. The number of thiophene rings is 1. The Kier molecular flexibility index (Phi) is 8.29. The lowest BCUT2D eigenvalue weighted by atomic mass is 9.89. The minimum absolute atomic E-state index is 0.0389. The number of nitrogens with one attached hydrogen (secondary N) is 1. The van der Waals surface area contributed by atoms with E-state index in [9.17, 15) is 19.7 Å². The van der Waals surface area contributed by atoms with E-state index in [4.69, 9.17) is 4.74 Å². The van der Waals surface area contributed by atoms with E-state index < -0.39 is 4.92 Å². The van der Waals surface area contributed by atoms with Gasteiger partial charge in [-0.05, 0) is 38.3 Å². The Balaban J connectivity index is 1.63. The van der Waals surface area contributed by atoms with Crippen LogP contribution in [-0.4, -0.2) is 59.5 Å². The molecule has 0 unspecified atom stereocenters. The quantitative estimate of drug-likeness (QED) is 0.348. The van der Waals surface area contributed by atoms with Gasteiger partial charge in [0.2, 0.25) is 0 Å². The van der Waals surface area contributed by atoms with Crippen molar-refractivity contribution < 1.29 is 19.2 Å². The largest absolute Gasteiger partial charge is 0.380 e. The fourth-order valence-corrected chi connectivity index (χ4v) is 4.43.